The van der Waals surface area contributed by atoms with Gasteiger partial charge in [-0.1, -0.05) is 48.0 Å². The minimum absolute atomic E-state index is 0.314. The SMILES string of the molecule is Cc1ccccc1/C=N/NC(=O)c1ccc(NC(=O)c2ccccc2Cl)cc1. The summed E-state index contributed by atoms with van der Waals surface area (Å²) in [5, 5.41) is 7.12. The molecule has 28 heavy (non-hydrogen) atoms. The van der Waals surface area contributed by atoms with E-state index in [4.69, 9.17) is 11.6 Å². The van der Waals surface area contributed by atoms with Gasteiger partial charge < -0.3 is 5.32 Å². The van der Waals surface area contributed by atoms with Crippen LogP contribution in [0.15, 0.2) is 77.9 Å². The van der Waals surface area contributed by atoms with Crippen LogP contribution in [0.1, 0.15) is 31.8 Å². The van der Waals surface area contributed by atoms with Crippen LogP contribution in [0.25, 0.3) is 0 Å². The lowest BCUT2D eigenvalue weighted by molar-refractivity contribution is 0.0954. The molecule has 0 saturated heterocycles. The number of benzene rings is 3. The van der Waals surface area contributed by atoms with Gasteiger partial charge in [-0.25, -0.2) is 5.43 Å². The van der Waals surface area contributed by atoms with E-state index >= 15 is 0 Å². The number of halogens is 1. The summed E-state index contributed by atoms with van der Waals surface area (Å²) in [4.78, 5) is 24.5. The van der Waals surface area contributed by atoms with E-state index in [1.165, 1.54) is 0 Å². The standard InChI is InChI=1S/C22H18ClN3O2/c1-15-6-2-3-7-17(15)14-24-26-21(27)16-10-12-18(13-11-16)25-22(28)19-8-4-5-9-20(19)23/h2-14H,1H3,(H,25,28)(H,26,27)/b24-14+. The molecule has 6 heteroatoms. The highest BCUT2D eigenvalue weighted by Crippen LogP contribution is 2.17. The van der Waals surface area contributed by atoms with Crippen molar-refractivity contribution in [3.8, 4) is 0 Å². The molecule has 0 bridgehead atoms. The summed E-state index contributed by atoms with van der Waals surface area (Å²) in [5.74, 6) is -0.653. The zero-order valence-corrected chi connectivity index (χ0v) is 15.9. The highest BCUT2D eigenvalue weighted by molar-refractivity contribution is 6.34. The molecule has 0 unspecified atom stereocenters. The minimum atomic E-state index is -0.339. The smallest absolute Gasteiger partial charge is 0.271 e. The molecule has 2 N–H and O–H groups in total. The van der Waals surface area contributed by atoms with Crippen LogP contribution in [0.2, 0.25) is 5.02 Å². The molecule has 0 heterocycles. The van der Waals surface area contributed by atoms with E-state index in [-0.39, 0.29) is 11.8 Å². The first kappa shape index (κ1) is 19.3. The zero-order valence-electron chi connectivity index (χ0n) is 15.1. The molecule has 0 aliphatic carbocycles. The van der Waals surface area contributed by atoms with Gasteiger partial charge in [0, 0.05) is 11.3 Å². The molecule has 0 radical (unpaired) electrons. The fourth-order valence-corrected chi connectivity index (χ4v) is 2.73. The summed E-state index contributed by atoms with van der Waals surface area (Å²) in [6.45, 7) is 1.97. The highest BCUT2D eigenvalue weighted by atomic mass is 35.5. The Balaban J connectivity index is 1.61. The van der Waals surface area contributed by atoms with Gasteiger partial charge in [-0.15, -0.1) is 0 Å². The van der Waals surface area contributed by atoms with Crippen LogP contribution in [-0.2, 0) is 0 Å². The number of nitrogens with one attached hydrogen (secondary N) is 2. The maximum absolute atomic E-state index is 12.3. The highest BCUT2D eigenvalue weighted by Gasteiger charge is 2.10. The third-order valence-corrected chi connectivity index (χ3v) is 4.41. The quantitative estimate of drug-likeness (QED) is 0.490. The first-order valence-electron chi connectivity index (χ1n) is 8.59. The molecular formula is C22H18ClN3O2. The Morgan fingerprint density at radius 2 is 1.57 bits per heavy atom. The normalized spacial score (nSPS) is 10.6. The topological polar surface area (TPSA) is 70.6 Å². The molecule has 0 aromatic heterocycles. The van der Waals surface area contributed by atoms with Crippen molar-refractivity contribution < 1.29 is 9.59 Å². The van der Waals surface area contributed by atoms with E-state index in [2.05, 4.69) is 15.8 Å². The maximum atomic E-state index is 12.3. The summed E-state index contributed by atoms with van der Waals surface area (Å²) in [6.07, 6.45) is 1.60. The van der Waals surface area contributed by atoms with Crippen LogP contribution in [0.3, 0.4) is 0 Å². The minimum Gasteiger partial charge on any atom is -0.322 e. The third-order valence-electron chi connectivity index (χ3n) is 4.08. The van der Waals surface area contributed by atoms with Crippen molar-refractivity contribution in [2.24, 2.45) is 5.10 Å². The predicted molar refractivity (Wildman–Crippen MR) is 112 cm³/mol. The van der Waals surface area contributed by atoms with Gasteiger partial charge in [-0.2, -0.15) is 5.10 Å². The molecule has 5 nitrogen and oxygen atoms in total. The molecule has 3 aromatic rings. The molecule has 3 aromatic carbocycles. The third kappa shape index (κ3) is 4.84. The van der Waals surface area contributed by atoms with Gasteiger partial charge in [0.2, 0.25) is 0 Å². The van der Waals surface area contributed by atoms with Crippen LogP contribution < -0.4 is 10.7 Å². The van der Waals surface area contributed by atoms with E-state index in [1.54, 1.807) is 54.7 Å². The molecule has 140 valence electrons. The molecule has 0 aliphatic heterocycles. The van der Waals surface area contributed by atoms with Gasteiger partial charge in [0.25, 0.3) is 11.8 Å². The van der Waals surface area contributed by atoms with Gasteiger partial charge >= 0.3 is 0 Å². The maximum Gasteiger partial charge on any atom is 0.271 e. The molecule has 0 saturated carbocycles. The second-order valence-corrected chi connectivity index (χ2v) is 6.47. The van der Waals surface area contributed by atoms with Crippen molar-refractivity contribution >= 4 is 35.3 Å². The Hall–Kier alpha value is -3.44. The molecule has 0 aliphatic rings. The van der Waals surface area contributed by atoms with E-state index < -0.39 is 0 Å². The fourth-order valence-electron chi connectivity index (χ4n) is 2.51. The Morgan fingerprint density at radius 3 is 2.29 bits per heavy atom. The average Bonchev–Trinajstić information content (AvgIpc) is 2.70. The van der Waals surface area contributed by atoms with Gasteiger partial charge in [-0.3, -0.25) is 9.59 Å². The monoisotopic (exact) mass is 391 g/mol. The summed E-state index contributed by atoms with van der Waals surface area (Å²) in [6, 6.07) is 21.1. The number of hydrogen-bond acceptors (Lipinski definition) is 3. The number of nitrogens with zero attached hydrogens (tertiary/aromatic N) is 1. The van der Waals surface area contributed by atoms with Crippen LogP contribution in [-0.4, -0.2) is 18.0 Å². The predicted octanol–water partition coefficient (Wildman–Crippen LogP) is 4.66. The Labute approximate surface area is 168 Å². The van der Waals surface area contributed by atoms with Crippen molar-refractivity contribution in [2.45, 2.75) is 6.92 Å². The van der Waals surface area contributed by atoms with Crippen LogP contribution in [0.5, 0.6) is 0 Å². The van der Waals surface area contributed by atoms with Gasteiger partial charge in [0.05, 0.1) is 16.8 Å². The van der Waals surface area contributed by atoms with E-state index in [0.717, 1.165) is 11.1 Å². The number of carbonyl (C=O) groups is 2. The number of rotatable bonds is 5. The molecule has 3 rings (SSSR count). The lowest BCUT2D eigenvalue weighted by Gasteiger charge is -2.07. The summed E-state index contributed by atoms with van der Waals surface area (Å²) in [5.41, 5.74) is 5.87. The second-order valence-electron chi connectivity index (χ2n) is 6.07. The van der Waals surface area contributed by atoms with E-state index in [0.29, 0.717) is 21.8 Å². The first-order valence-corrected chi connectivity index (χ1v) is 8.97. The van der Waals surface area contributed by atoms with Crippen LogP contribution >= 0.6 is 11.6 Å². The Morgan fingerprint density at radius 1 is 0.893 bits per heavy atom. The van der Waals surface area contributed by atoms with E-state index in [1.807, 2.05) is 31.2 Å². The van der Waals surface area contributed by atoms with E-state index in [9.17, 15) is 9.59 Å². The second kappa shape index (κ2) is 8.97. The Bertz CT molecular complexity index is 1030. The lowest BCUT2D eigenvalue weighted by Crippen LogP contribution is -2.18. The number of amides is 2. The molecular weight excluding hydrogens is 374 g/mol. The zero-order chi connectivity index (χ0) is 19.9. The van der Waals surface area contributed by atoms with Gasteiger partial charge in [-0.05, 0) is 54.4 Å². The van der Waals surface area contributed by atoms with Crippen molar-refractivity contribution in [2.75, 3.05) is 5.32 Å². The van der Waals surface area contributed by atoms with Gasteiger partial charge in [0.1, 0.15) is 0 Å². The first-order chi connectivity index (χ1) is 13.5. The lowest BCUT2D eigenvalue weighted by atomic mass is 10.1. The molecule has 2 amide bonds. The largest absolute Gasteiger partial charge is 0.322 e. The fraction of sp³-hybridized carbons (Fsp3) is 0.0455. The number of hydrazone groups is 1. The Kier molecular flexibility index (Phi) is 6.19. The molecule has 0 fully saturated rings. The average molecular weight is 392 g/mol. The van der Waals surface area contributed by atoms with Crippen LogP contribution in [0, 0.1) is 6.92 Å². The number of carbonyl (C=O) groups excluding carboxylic acids is 2. The summed E-state index contributed by atoms with van der Waals surface area (Å²) >= 11 is 6.03. The number of anilines is 1. The van der Waals surface area contributed by atoms with Crippen molar-refractivity contribution in [1.82, 2.24) is 5.43 Å². The van der Waals surface area contributed by atoms with Crippen LogP contribution in [0.4, 0.5) is 5.69 Å². The van der Waals surface area contributed by atoms with Crippen molar-refractivity contribution in [3.63, 3.8) is 0 Å². The molecule has 0 spiro atoms. The summed E-state index contributed by atoms with van der Waals surface area (Å²) in [7, 11) is 0. The number of aryl methyl sites for hydroxylation is 1. The number of hydrogen-bond donors (Lipinski definition) is 2. The van der Waals surface area contributed by atoms with Crippen molar-refractivity contribution in [3.05, 3.63) is 100 Å². The molecule has 0 atom stereocenters. The van der Waals surface area contributed by atoms with Gasteiger partial charge in [0.15, 0.2) is 0 Å². The van der Waals surface area contributed by atoms with Crippen molar-refractivity contribution in [1.29, 1.82) is 0 Å². The summed E-state index contributed by atoms with van der Waals surface area (Å²) < 4.78 is 0.